The first-order valence-electron chi connectivity index (χ1n) is 6.75. The van der Waals surface area contributed by atoms with Crippen molar-refractivity contribution in [3.8, 4) is 10.7 Å². The molecule has 0 spiro atoms. The van der Waals surface area contributed by atoms with Gasteiger partial charge >= 0.3 is 0 Å². The van der Waals surface area contributed by atoms with Crippen LogP contribution in [0.5, 0.6) is 0 Å². The number of halogens is 2. The van der Waals surface area contributed by atoms with Crippen molar-refractivity contribution in [3.05, 3.63) is 26.1 Å². The molecule has 3 rings (SSSR count). The Kier molecular flexibility index (Phi) is 4.43. The fourth-order valence-corrected chi connectivity index (χ4v) is 4.13. The van der Waals surface area contributed by atoms with Crippen molar-refractivity contribution in [3.63, 3.8) is 0 Å². The van der Waals surface area contributed by atoms with Crippen molar-refractivity contribution < 1.29 is 0 Å². The molecule has 2 aromatic heterocycles. The summed E-state index contributed by atoms with van der Waals surface area (Å²) in [5.41, 5.74) is 1.15. The Morgan fingerprint density at radius 1 is 1.35 bits per heavy atom. The van der Waals surface area contributed by atoms with E-state index in [9.17, 15) is 0 Å². The molecule has 3 nitrogen and oxygen atoms in total. The number of rotatable bonds is 5. The van der Waals surface area contributed by atoms with Crippen molar-refractivity contribution in [2.24, 2.45) is 0 Å². The molecule has 0 radical (unpaired) electrons. The monoisotopic (exact) mass is 415 g/mol. The Hall–Kier alpha value is -0.460. The molecular formula is C14H15Br2N3S. The zero-order valence-electron chi connectivity index (χ0n) is 11.1. The fraction of sp³-hybridized carbons (Fsp3) is 0.429. The van der Waals surface area contributed by atoms with Crippen LogP contribution in [0.15, 0.2) is 20.4 Å². The summed E-state index contributed by atoms with van der Waals surface area (Å²) in [5.74, 6) is 2.32. The van der Waals surface area contributed by atoms with Gasteiger partial charge in [0.25, 0.3) is 0 Å². The van der Waals surface area contributed by atoms with E-state index in [0.29, 0.717) is 5.92 Å². The summed E-state index contributed by atoms with van der Waals surface area (Å²) in [6.07, 6.45) is 3.54. The van der Waals surface area contributed by atoms with Crippen LogP contribution in [0.1, 0.15) is 37.8 Å². The number of anilines is 1. The summed E-state index contributed by atoms with van der Waals surface area (Å²) in [7, 11) is 0. The number of thiophene rings is 1. The van der Waals surface area contributed by atoms with Crippen molar-refractivity contribution in [1.29, 1.82) is 0 Å². The average Bonchev–Trinajstić information content (AvgIpc) is 3.20. The number of nitrogens with zero attached hydrogens (tertiary/aromatic N) is 2. The molecule has 0 bridgehead atoms. The lowest BCUT2D eigenvalue weighted by Gasteiger charge is -2.12. The third kappa shape index (κ3) is 2.92. The Morgan fingerprint density at radius 3 is 2.75 bits per heavy atom. The second-order valence-corrected chi connectivity index (χ2v) is 7.46. The Labute approximate surface area is 139 Å². The van der Waals surface area contributed by atoms with Gasteiger partial charge in [-0.3, -0.25) is 0 Å². The standard InChI is InChI=1S/C14H15Br2N3S/c1-2-6-17-13-10(16)11(8-3-4-8)18-14(19-13)12-9(15)5-7-20-12/h5,7-8H,2-4,6H2,1H3,(H,17,18,19). The Bertz CT molecular complexity index is 623. The second-order valence-electron chi connectivity index (χ2n) is 4.89. The first kappa shape index (κ1) is 14.5. The topological polar surface area (TPSA) is 37.8 Å². The normalized spacial score (nSPS) is 14.6. The molecule has 0 aromatic carbocycles. The summed E-state index contributed by atoms with van der Waals surface area (Å²) in [4.78, 5) is 10.6. The quantitative estimate of drug-likeness (QED) is 0.705. The third-order valence-corrected chi connectivity index (χ3v) is 5.82. The molecule has 0 unspecified atom stereocenters. The highest BCUT2D eigenvalue weighted by Crippen LogP contribution is 2.45. The van der Waals surface area contributed by atoms with E-state index in [4.69, 9.17) is 9.97 Å². The van der Waals surface area contributed by atoms with Crippen molar-refractivity contribution in [1.82, 2.24) is 9.97 Å². The van der Waals surface area contributed by atoms with E-state index in [0.717, 1.165) is 44.1 Å². The van der Waals surface area contributed by atoms with E-state index in [1.807, 2.05) is 6.07 Å². The van der Waals surface area contributed by atoms with Gasteiger partial charge in [0, 0.05) is 16.9 Å². The number of hydrogen-bond donors (Lipinski definition) is 1. The number of hydrogen-bond acceptors (Lipinski definition) is 4. The maximum atomic E-state index is 4.79. The van der Waals surface area contributed by atoms with Crippen LogP contribution in [0, 0.1) is 0 Å². The largest absolute Gasteiger partial charge is 0.369 e. The predicted molar refractivity (Wildman–Crippen MR) is 91.5 cm³/mol. The Balaban J connectivity index is 2.06. The maximum Gasteiger partial charge on any atom is 0.173 e. The summed E-state index contributed by atoms with van der Waals surface area (Å²) in [6.45, 7) is 3.07. The molecule has 2 aromatic rings. The van der Waals surface area contributed by atoms with E-state index in [-0.39, 0.29) is 0 Å². The molecule has 1 fully saturated rings. The highest BCUT2D eigenvalue weighted by molar-refractivity contribution is 9.11. The predicted octanol–water partition coefficient (Wildman–Crippen LogP) is 5.43. The molecule has 20 heavy (non-hydrogen) atoms. The summed E-state index contributed by atoms with van der Waals surface area (Å²) >= 11 is 8.91. The van der Waals surface area contributed by atoms with Crippen LogP contribution >= 0.6 is 43.2 Å². The summed E-state index contributed by atoms with van der Waals surface area (Å²) < 4.78 is 2.10. The van der Waals surface area contributed by atoms with Crippen molar-refractivity contribution in [2.45, 2.75) is 32.1 Å². The van der Waals surface area contributed by atoms with Gasteiger partial charge in [-0.15, -0.1) is 11.3 Å². The highest BCUT2D eigenvalue weighted by atomic mass is 79.9. The first-order valence-corrected chi connectivity index (χ1v) is 9.22. The molecule has 1 N–H and O–H groups in total. The van der Waals surface area contributed by atoms with E-state index in [1.54, 1.807) is 11.3 Å². The van der Waals surface area contributed by atoms with Gasteiger partial charge in [-0.2, -0.15) is 0 Å². The van der Waals surface area contributed by atoms with E-state index >= 15 is 0 Å². The third-order valence-electron chi connectivity index (χ3n) is 3.20. The Morgan fingerprint density at radius 2 is 2.15 bits per heavy atom. The van der Waals surface area contributed by atoms with Crippen LogP contribution in [0.3, 0.4) is 0 Å². The van der Waals surface area contributed by atoms with Gasteiger partial charge in [0.1, 0.15) is 5.82 Å². The lowest BCUT2D eigenvalue weighted by Crippen LogP contribution is -2.07. The molecular weight excluding hydrogens is 402 g/mol. The average molecular weight is 417 g/mol. The highest BCUT2D eigenvalue weighted by Gasteiger charge is 2.30. The molecule has 1 aliphatic carbocycles. The molecule has 1 aliphatic rings. The fourth-order valence-electron chi connectivity index (χ4n) is 2.01. The number of nitrogens with one attached hydrogen (secondary N) is 1. The SMILES string of the molecule is CCCNc1nc(-c2sccc2Br)nc(C2CC2)c1Br. The van der Waals surface area contributed by atoms with Gasteiger partial charge in [0.2, 0.25) is 0 Å². The molecule has 0 atom stereocenters. The summed E-state index contributed by atoms with van der Waals surface area (Å²) in [6, 6.07) is 2.04. The number of aromatic nitrogens is 2. The smallest absolute Gasteiger partial charge is 0.173 e. The van der Waals surface area contributed by atoms with Crippen LogP contribution < -0.4 is 5.32 Å². The maximum absolute atomic E-state index is 4.79. The van der Waals surface area contributed by atoms with Gasteiger partial charge < -0.3 is 5.32 Å². The minimum Gasteiger partial charge on any atom is -0.369 e. The molecule has 0 saturated heterocycles. The van der Waals surface area contributed by atoms with Gasteiger partial charge in [-0.25, -0.2) is 9.97 Å². The first-order chi connectivity index (χ1) is 9.70. The zero-order chi connectivity index (χ0) is 14.1. The minimum atomic E-state index is 0.590. The van der Waals surface area contributed by atoms with Crippen LogP contribution in [0.2, 0.25) is 0 Å². The molecule has 1 saturated carbocycles. The van der Waals surface area contributed by atoms with Gasteiger partial charge in [0.05, 0.1) is 15.0 Å². The van der Waals surface area contributed by atoms with Crippen molar-refractivity contribution >= 4 is 49.0 Å². The minimum absolute atomic E-state index is 0.590. The second kappa shape index (κ2) is 6.12. The molecule has 0 amide bonds. The molecule has 106 valence electrons. The van der Waals surface area contributed by atoms with E-state index in [1.165, 1.54) is 12.8 Å². The molecule has 0 aliphatic heterocycles. The molecule has 2 heterocycles. The summed E-state index contributed by atoms with van der Waals surface area (Å²) in [5, 5.41) is 5.46. The van der Waals surface area contributed by atoms with Crippen LogP contribution in [-0.2, 0) is 0 Å². The zero-order valence-corrected chi connectivity index (χ0v) is 15.1. The van der Waals surface area contributed by atoms with Gasteiger partial charge in [-0.1, -0.05) is 6.92 Å². The van der Waals surface area contributed by atoms with E-state index in [2.05, 4.69) is 49.5 Å². The lowest BCUT2D eigenvalue weighted by molar-refractivity contribution is 0.940. The molecule has 6 heteroatoms. The van der Waals surface area contributed by atoms with Gasteiger partial charge in [-0.05, 0) is 62.6 Å². The van der Waals surface area contributed by atoms with Crippen molar-refractivity contribution in [2.75, 3.05) is 11.9 Å². The van der Waals surface area contributed by atoms with Crippen LogP contribution in [-0.4, -0.2) is 16.5 Å². The van der Waals surface area contributed by atoms with Crippen LogP contribution in [0.4, 0.5) is 5.82 Å². The van der Waals surface area contributed by atoms with Crippen LogP contribution in [0.25, 0.3) is 10.7 Å². The lowest BCUT2D eigenvalue weighted by atomic mass is 10.2. The van der Waals surface area contributed by atoms with Gasteiger partial charge in [0.15, 0.2) is 5.82 Å². The van der Waals surface area contributed by atoms with E-state index < -0.39 is 0 Å².